The number of hydrogen-bond donors (Lipinski definition) is 1. The molecule has 0 saturated heterocycles. The SMILES string of the molecule is CC(C)CNCCc1nnc(C2C3CCCC32)s1. The van der Waals surface area contributed by atoms with Crippen molar-refractivity contribution >= 4 is 11.3 Å². The molecular weight excluding hydrogens is 242 g/mol. The van der Waals surface area contributed by atoms with E-state index in [1.807, 2.05) is 11.3 Å². The molecule has 100 valence electrons. The fraction of sp³-hybridized carbons (Fsp3) is 0.857. The first-order valence-electron chi connectivity index (χ1n) is 7.28. The Morgan fingerprint density at radius 2 is 2.06 bits per heavy atom. The van der Waals surface area contributed by atoms with Gasteiger partial charge in [-0.15, -0.1) is 21.5 Å². The van der Waals surface area contributed by atoms with Gasteiger partial charge in [0.2, 0.25) is 0 Å². The van der Waals surface area contributed by atoms with E-state index >= 15 is 0 Å². The Morgan fingerprint density at radius 1 is 1.28 bits per heavy atom. The predicted molar refractivity (Wildman–Crippen MR) is 74.9 cm³/mol. The summed E-state index contributed by atoms with van der Waals surface area (Å²) >= 11 is 1.86. The lowest BCUT2D eigenvalue weighted by atomic mass is 10.2. The van der Waals surface area contributed by atoms with Crippen molar-refractivity contribution in [3.05, 3.63) is 10.0 Å². The van der Waals surface area contributed by atoms with Crippen molar-refractivity contribution in [1.82, 2.24) is 15.5 Å². The fourth-order valence-corrected chi connectivity index (χ4v) is 4.37. The van der Waals surface area contributed by atoms with E-state index in [4.69, 9.17) is 0 Å². The summed E-state index contributed by atoms with van der Waals surface area (Å²) in [6, 6.07) is 0. The number of nitrogens with one attached hydrogen (secondary N) is 1. The fourth-order valence-electron chi connectivity index (χ4n) is 3.28. The largest absolute Gasteiger partial charge is 0.316 e. The van der Waals surface area contributed by atoms with Crippen LogP contribution in [-0.4, -0.2) is 23.3 Å². The first-order chi connectivity index (χ1) is 8.75. The third-order valence-electron chi connectivity index (χ3n) is 4.24. The van der Waals surface area contributed by atoms with Gasteiger partial charge in [-0.3, -0.25) is 0 Å². The van der Waals surface area contributed by atoms with Crippen molar-refractivity contribution in [2.75, 3.05) is 13.1 Å². The van der Waals surface area contributed by atoms with Crippen molar-refractivity contribution in [3.8, 4) is 0 Å². The van der Waals surface area contributed by atoms with Gasteiger partial charge in [0.1, 0.15) is 10.0 Å². The summed E-state index contributed by atoms with van der Waals surface area (Å²) in [4.78, 5) is 0. The van der Waals surface area contributed by atoms with E-state index in [9.17, 15) is 0 Å². The molecule has 1 aromatic heterocycles. The monoisotopic (exact) mass is 265 g/mol. The van der Waals surface area contributed by atoms with Crippen LogP contribution in [0.3, 0.4) is 0 Å². The first-order valence-corrected chi connectivity index (χ1v) is 8.10. The van der Waals surface area contributed by atoms with Gasteiger partial charge in [-0.05, 0) is 37.1 Å². The van der Waals surface area contributed by atoms with E-state index in [2.05, 4.69) is 29.4 Å². The highest BCUT2D eigenvalue weighted by molar-refractivity contribution is 7.11. The molecule has 2 aliphatic carbocycles. The lowest BCUT2D eigenvalue weighted by Gasteiger charge is -2.05. The van der Waals surface area contributed by atoms with Gasteiger partial charge < -0.3 is 5.32 Å². The Labute approximate surface area is 113 Å². The van der Waals surface area contributed by atoms with Gasteiger partial charge in [0, 0.05) is 18.9 Å². The van der Waals surface area contributed by atoms with Crippen LogP contribution in [0.2, 0.25) is 0 Å². The summed E-state index contributed by atoms with van der Waals surface area (Å²) in [6.45, 7) is 6.60. The van der Waals surface area contributed by atoms with Crippen LogP contribution in [0, 0.1) is 17.8 Å². The number of aromatic nitrogens is 2. The molecule has 0 spiro atoms. The molecule has 0 aliphatic heterocycles. The Morgan fingerprint density at radius 3 is 2.78 bits per heavy atom. The van der Waals surface area contributed by atoms with Crippen LogP contribution >= 0.6 is 11.3 Å². The van der Waals surface area contributed by atoms with Crippen molar-refractivity contribution in [2.24, 2.45) is 17.8 Å². The number of fused-ring (bicyclic) bond motifs is 1. The van der Waals surface area contributed by atoms with Crippen molar-refractivity contribution in [2.45, 2.75) is 45.4 Å². The second-order valence-electron chi connectivity index (χ2n) is 6.17. The highest BCUT2D eigenvalue weighted by atomic mass is 32.1. The van der Waals surface area contributed by atoms with Crippen molar-refractivity contribution in [1.29, 1.82) is 0 Å². The molecule has 3 nitrogen and oxygen atoms in total. The van der Waals surface area contributed by atoms with Gasteiger partial charge in [-0.2, -0.15) is 0 Å². The second kappa shape index (κ2) is 5.25. The number of rotatable bonds is 6. The Hall–Kier alpha value is -0.480. The maximum atomic E-state index is 4.42. The zero-order valence-electron chi connectivity index (χ0n) is 11.4. The molecule has 0 aromatic carbocycles. The van der Waals surface area contributed by atoms with Crippen LogP contribution in [0.1, 0.15) is 49.0 Å². The zero-order chi connectivity index (χ0) is 12.5. The van der Waals surface area contributed by atoms with E-state index in [0.29, 0.717) is 0 Å². The number of nitrogens with zero attached hydrogens (tertiary/aromatic N) is 2. The Bertz CT molecular complexity index is 391. The van der Waals surface area contributed by atoms with E-state index in [1.165, 1.54) is 29.3 Å². The lowest BCUT2D eigenvalue weighted by molar-refractivity contribution is 0.553. The molecule has 1 N–H and O–H groups in total. The first kappa shape index (κ1) is 12.5. The van der Waals surface area contributed by atoms with Crippen LogP contribution in [0.25, 0.3) is 0 Å². The van der Waals surface area contributed by atoms with Gasteiger partial charge in [0.05, 0.1) is 0 Å². The molecule has 0 bridgehead atoms. The molecule has 4 heteroatoms. The lowest BCUT2D eigenvalue weighted by Crippen LogP contribution is -2.22. The summed E-state index contributed by atoms with van der Waals surface area (Å²) in [5.74, 6) is 3.43. The maximum absolute atomic E-state index is 4.42. The average molecular weight is 265 g/mol. The average Bonchev–Trinajstić information content (AvgIpc) is 2.75. The highest BCUT2D eigenvalue weighted by Gasteiger charge is 2.54. The molecule has 2 atom stereocenters. The molecule has 18 heavy (non-hydrogen) atoms. The van der Waals surface area contributed by atoms with E-state index in [1.54, 1.807) is 0 Å². The molecule has 2 unspecified atom stereocenters. The summed E-state index contributed by atoms with van der Waals surface area (Å²) in [5.41, 5.74) is 0. The van der Waals surface area contributed by atoms with E-state index in [0.717, 1.165) is 43.2 Å². The molecule has 0 amide bonds. The molecule has 1 aromatic rings. The third kappa shape index (κ3) is 2.59. The molecule has 2 saturated carbocycles. The predicted octanol–water partition coefficient (Wildman–Crippen LogP) is 2.84. The van der Waals surface area contributed by atoms with Gasteiger partial charge in [-0.25, -0.2) is 0 Å². The topological polar surface area (TPSA) is 37.8 Å². The molecular formula is C14H23N3S. The molecule has 2 aliphatic rings. The third-order valence-corrected chi connectivity index (χ3v) is 5.33. The minimum absolute atomic E-state index is 0.723. The molecule has 3 rings (SSSR count). The minimum Gasteiger partial charge on any atom is -0.316 e. The normalized spacial score (nSPS) is 29.8. The smallest absolute Gasteiger partial charge is 0.121 e. The Kier molecular flexibility index (Phi) is 3.66. The van der Waals surface area contributed by atoms with Gasteiger partial charge in [0.25, 0.3) is 0 Å². The van der Waals surface area contributed by atoms with Crippen LogP contribution < -0.4 is 5.32 Å². The standard InChI is InChI=1S/C14H23N3S/c1-9(2)8-15-7-6-12-16-17-14(18-12)13-10-4-3-5-11(10)13/h9-11,13,15H,3-8H2,1-2H3. The van der Waals surface area contributed by atoms with Crippen LogP contribution in [0.15, 0.2) is 0 Å². The summed E-state index contributed by atoms with van der Waals surface area (Å²) in [7, 11) is 0. The van der Waals surface area contributed by atoms with Gasteiger partial charge >= 0.3 is 0 Å². The van der Waals surface area contributed by atoms with Gasteiger partial charge in [-0.1, -0.05) is 20.3 Å². The van der Waals surface area contributed by atoms with Crippen LogP contribution in [0.5, 0.6) is 0 Å². The summed E-state index contributed by atoms with van der Waals surface area (Å²) in [6.07, 6.45) is 5.34. The molecule has 1 heterocycles. The maximum Gasteiger partial charge on any atom is 0.121 e. The molecule has 0 radical (unpaired) electrons. The minimum atomic E-state index is 0.723. The summed E-state index contributed by atoms with van der Waals surface area (Å²) in [5, 5.41) is 14.8. The van der Waals surface area contributed by atoms with E-state index in [-0.39, 0.29) is 0 Å². The van der Waals surface area contributed by atoms with E-state index < -0.39 is 0 Å². The van der Waals surface area contributed by atoms with Crippen molar-refractivity contribution < 1.29 is 0 Å². The van der Waals surface area contributed by atoms with Crippen LogP contribution in [0.4, 0.5) is 0 Å². The van der Waals surface area contributed by atoms with Crippen molar-refractivity contribution in [3.63, 3.8) is 0 Å². The van der Waals surface area contributed by atoms with Gasteiger partial charge in [0.15, 0.2) is 0 Å². The van der Waals surface area contributed by atoms with Crippen LogP contribution in [-0.2, 0) is 6.42 Å². The zero-order valence-corrected chi connectivity index (χ0v) is 12.2. The quantitative estimate of drug-likeness (QED) is 0.804. The highest BCUT2D eigenvalue weighted by Crippen LogP contribution is 2.63. The number of hydrogen-bond acceptors (Lipinski definition) is 4. The Balaban J connectivity index is 1.46. The second-order valence-corrected chi connectivity index (χ2v) is 7.26. The molecule has 2 fully saturated rings. The summed E-state index contributed by atoms with van der Waals surface area (Å²) < 4.78 is 0.